The van der Waals surface area contributed by atoms with Gasteiger partial charge in [-0.1, -0.05) is 0 Å². The van der Waals surface area contributed by atoms with E-state index in [1.807, 2.05) is 0 Å². The Bertz CT molecular complexity index is 184. The smallest absolute Gasteiger partial charge is 0.314 e. The van der Waals surface area contributed by atoms with E-state index in [9.17, 15) is 22.0 Å². The number of nitrogens with one attached hydrogen (secondary N) is 1. The molecule has 9 heteroatoms. The molecular formula is C7H13Cl2F5N2. The molecule has 1 aliphatic rings. The number of halogens is 7. The van der Waals surface area contributed by atoms with Gasteiger partial charge in [0, 0.05) is 26.2 Å². The Labute approximate surface area is 102 Å². The first-order chi connectivity index (χ1) is 6.43. The monoisotopic (exact) mass is 290 g/mol. The molecule has 1 heterocycles. The molecule has 1 fully saturated rings. The Morgan fingerprint density at radius 2 is 1.44 bits per heavy atom. The molecule has 0 aromatic rings. The van der Waals surface area contributed by atoms with Crippen LogP contribution in [0.5, 0.6) is 0 Å². The summed E-state index contributed by atoms with van der Waals surface area (Å²) in [4.78, 5) is 0.779. The molecule has 0 bridgehead atoms. The number of hydrogen-bond donors (Lipinski definition) is 1. The fourth-order valence-electron chi connectivity index (χ4n) is 1.47. The van der Waals surface area contributed by atoms with E-state index < -0.39 is 18.6 Å². The van der Waals surface area contributed by atoms with Crippen molar-refractivity contribution in [1.29, 1.82) is 0 Å². The van der Waals surface area contributed by atoms with Gasteiger partial charge in [0.25, 0.3) is 6.43 Å². The second-order valence-electron chi connectivity index (χ2n) is 3.11. The van der Waals surface area contributed by atoms with Crippen molar-refractivity contribution >= 4 is 24.8 Å². The molecule has 1 N–H and O–H groups in total. The third-order valence-corrected chi connectivity index (χ3v) is 2.12. The Morgan fingerprint density at radius 3 is 1.75 bits per heavy atom. The molecule has 0 unspecified atom stereocenters. The molecule has 0 aromatic carbocycles. The van der Waals surface area contributed by atoms with Gasteiger partial charge in [-0.15, -0.1) is 24.8 Å². The summed E-state index contributed by atoms with van der Waals surface area (Å²) in [5.74, 6) is 0. The second-order valence-corrected chi connectivity index (χ2v) is 3.11. The van der Waals surface area contributed by atoms with Crippen LogP contribution in [0.4, 0.5) is 22.0 Å². The summed E-state index contributed by atoms with van der Waals surface area (Å²) in [6.45, 7) is 0.654. The lowest BCUT2D eigenvalue weighted by Crippen LogP contribution is -2.56. The van der Waals surface area contributed by atoms with Gasteiger partial charge in [-0.2, -0.15) is 13.2 Å². The van der Waals surface area contributed by atoms with E-state index in [1.54, 1.807) is 0 Å². The molecule has 0 saturated carbocycles. The highest BCUT2D eigenvalue weighted by atomic mass is 35.5. The molecule has 1 rings (SSSR count). The van der Waals surface area contributed by atoms with Crippen LogP contribution < -0.4 is 5.32 Å². The fourth-order valence-corrected chi connectivity index (χ4v) is 1.47. The van der Waals surface area contributed by atoms with Gasteiger partial charge >= 0.3 is 6.18 Å². The van der Waals surface area contributed by atoms with Gasteiger partial charge in [-0.05, 0) is 0 Å². The van der Waals surface area contributed by atoms with Gasteiger partial charge in [-0.25, -0.2) is 8.78 Å². The van der Waals surface area contributed by atoms with E-state index in [4.69, 9.17) is 0 Å². The van der Waals surface area contributed by atoms with Crippen LogP contribution in [-0.2, 0) is 0 Å². The van der Waals surface area contributed by atoms with Crippen LogP contribution in [0.2, 0.25) is 0 Å². The number of alkyl halides is 5. The van der Waals surface area contributed by atoms with Crippen molar-refractivity contribution in [2.75, 3.05) is 26.2 Å². The Balaban J connectivity index is 0. The van der Waals surface area contributed by atoms with E-state index >= 15 is 0 Å². The largest absolute Gasteiger partial charge is 0.409 e. The normalized spacial score (nSPS) is 19.9. The summed E-state index contributed by atoms with van der Waals surface area (Å²) >= 11 is 0. The van der Waals surface area contributed by atoms with E-state index in [-0.39, 0.29) is 37.9 Å². The van der Waals surface area contributed by atoms with Crippen LogP contribution in [0.1, 0.15) is 0 Å². The average molecular weight is 291 g/mol. The minimum atomic E-state index is -4.86. The van der Waals surface area contributed by atoms with Gasteiger partial charge in [0.1, 0.15) is 0 Å². The van der Waals surface area contributed by atoms with Crippen LogP contribution >= 0.6 is 24.8 Å². The number of rotatable bonds is 2. The molecule has 2 nitrogen and oxygen atoms in total. The molecule has 1 saturated heterocycles. The minimum Gasteiger partial charge on any atom is -0.314 e. The van der Waals surface area contributed by atoms with Crippen molar-refractivity contribution in [3.8, 4) is 0 Å². The predicted octanol–water partition coefficient (Wildman–Crippen LogP) is 1.93. The Hall–Kier alpha value is 0.150. The first-order valence-corrected chi connectivity index (χ1v) is 4.22. The zero-order valence-electron chi connectivity index (χ0n) is 8.14. The van der Waals surface area contributed by atoms with Crippen molar-refractivity contribution in [2.24, 2.45) is 0 Å². The van der Waals surface area contributed by atoms with Crippen LogP contribution in [0.3, 0.4) is 0 Å². The molecule has 1 atom stereocenters. The van der Waals surface area contributed by atoms with E-state index in [1.165, 1.54) is 0 Å². The van der Waals surface area contributed by atoms with Crippen LogP contribution in [-0.4, -0.2) is 49.7 Å². The molecule has 0 aromatic heterocycles. The molecule has 16 heavy (non-hydrogen) atoms. The van der Waals surface area contributed by atoms with Crippen molar-refractivity contribution in [1.82, 2.24) is 10.2 Å². The maximum atomic E-state index is 12.2. The fraction of sp³-hybridized carbons (Fsp3) is 1.00. The summed E-state index contributed by atoms with van der Waals surface area (Å²) in [5.41, 5.74) is 0. The van der Waals surface area contributed by atoms with Crippen LogP contribution in [0.15, 0.2) is 0 Å². The maximum absolute atomic E-state index is 12.2. The Morgan fingerprint density at radius 1 is 1.00 bits per heavy atom. The number of hydrogen-bond acceptors (Lipinski definition) is 2. The lowest BCUT2D eigenvalue weighted by Gasteiger charge is -2.35. The lowest BCUT2D eigenvalue weighted by molar-refractivity contribution is -0.216. The molecule has 100 valence electrons. The first kappa shape index (κ1) is 18.5. The summed E-state index contributed by atoms with van der Waals surface area (Å²) in [6, 6.07) is -2.62. The first-order valence-electron chi connectivity index (χ1n) is 4.22. The summed E-state index contributed by atoms with van der Waals surface area (Å²) in [5, 5.41) is 2.81. The predicted molar refractivity (Wildman–Crippen MR) is 54.8 cm³/mol. The van der Waals surface area contributed by atoms with Gasteiger partial charge in [0.15, 0.2) is 6.04 Å². The van der Waals surface area contributed by atoms with Crippen LogP contribution in [0, 0.1) is 0 Å². The third-order valence-electron chi connectivity index (χ3n) is 2.12. The quantitative estimate of drug-likeness (QED) is 0.782. The van der Waals surface area contributed by atoms with Crippen LogP contribution in [0.25, 0.3) is 0 Å². The van der Waals surface area contributed by atoms with E-state index in [0.717, 1.165) is 4.90 Å². The van der Waals surface area contributed by atoms with Crippen molar-refractivity contribution < 1.29 is 22.0 Å². The van der Waals surface area contributed by atoms with Gasteiger partial charge in [-0.3, -0.25) is 4.90 Å². The Kier molecular flexibility index (Phi) is 8.64. The number of piperazine rings is 1. The molecule has 0 radical (unpaired) electrons. The van der Waals surface area contributed by atoms with Gasteiger partial charge in [0.2, 0.25) is 0 Å². The maximum Gasteiger partial charge on any atom is 0.409 e. The average Bonchev–Trinajstić information content (AvgIpc) is 2.02. The molecule has 1 aliphatic heterocycles. The van der Waals surface area contributed by atoms with Crippen molar-refractivity contribution in [2.45, 2.75) is 18.6 Å². The second kappa shape index (κ2) is 7.47. The standard InChI is InChI=1S/C7H11F5N2.2ClH/c8-6(9)5(7(10,11)12)14-3-1-13-2-4-14;;/h5-6,13H,1-4H2;2*1H/t5-;;/m0../s1. The number of nitrogens with zero attached hydrogens (tertiary/aromatic N) is 1. The van der Waals surface area contributed by atoms with E-state index in [2.05, 4.69) is 5.32 Å². The SMILES string of the molecule is Cl.Cl.FC(F)[C@H](N1CCNCC1)C(F)(F)F. The summed E-state index contributed by atoms with van der Waals surface area (Å²) in [6.07, 6.45) is -8.24. The minimum absolute atomic E-state index is 0. The molecule has 0 aliphatic carbocycles. The topological polar surface area (TPSA) is 15.3 Å². The van der Waals surface area contributed by atoms with E-state index in [0.29, 0.717) is 13.1 Å². The van der Waals surface area contributed by atoms with Gasteiger partial charge < -0.3 is 5.32 Å². The molecular weight excluding hydrogens is 278 g/mol. The third kappa shape index (κ3) is 4.99. The van der Waals surface area contributed by atoms with Crippen molar-refractivity contribution in [3.63, 3.8) is 0 Å². The highest BCUT2D eigenvalue weighted by molar-refractivity contribution is 5.85. The zero-order chi connectivity index (χ0) is 10.8. The van der Waals surface area contributed by atoms with Crippen molar-refractivity contribution in [3.05, 3.63) is 0 Å². The summed E-state index contributed by atoms with van der Waals surface area (Å²) in [7, 11) is 0. The lowest BCUT2D eigenvalue weighted by atomic mass is 10.2. The summed E-state index contributed by atoms with van der Waals surface area (Å²) < 4.78 is 61.0. The molecule has 0 amide bonds. The zero-order valence-corrected chi connectivity index (χ0v) is 9.77. The highest BCUT2D eigenvalue weighted by Crippen LogP contribution is 2.29. The molecule has 0 spiro atoms. The highest BCUT2D eigenvalue weighted by Gasteiger charge is 2.49. The van der Waals surface area contributed by atoms with Gasteiger partial charge in [0.05, 0.1) is 0 Å².